The summed E-state index contributed by atoms with van der Waals surface area (Å²) >= 11 is 3.20. The van der Waals surface area contributed by atoms with Gasteiger partial charge in [-0.15, -0.1) is 0 Å². The van der Waals surface area contributed by atoms with Crippen LogP contribution in [0.25, 0.3) is 0 Å². The molecule has 94 valence electrons. The smallest absolute Gasteiger partial charge is 0.222 e. The molecule has 0 bridgehead atoms. The van der Waals surface area contributed by atoms with E-state index in [0.29, 0.717) is 29.5 Å². The molecule has 0 aliphatic carbocycles. The Bertz CT molecular complexity index is 396. The fourth-order valence-electron chi connectivity index (χ4n) is 1.32. The minimum Gasteiger partial charge on any atom is -0.383 e. The van der Waals surface area contributed by atoms with Crippen LogP contribution in [0.3, 0.4) is 0 Å². The predicted octanol–water partition coefficient (Wildman–Crippen LogP) is 2.87. The third-order valence-corrected chi connectivity index (χ3v) is 2.81. The fourth-order valence-corrected chi connectivity index (χ4v) is 1.65. The molecule has 0 saturated heterocycles. The molecule has 0 radical (unpaired) electrons. The quantitative estimate of drug-likeness (QED) is 0.848. The minimum absolute atomic E-state index is 0.0862. The lowest BCUT2D eigenvalue weighted by atomic mass is 10.2. The summed E-state index contributed by atoms with van der Waals surface area (Å²) in [6.07, 6.45) is 1.16. The molecule has 1 amide bonds. The number of nitrogens with one attached hydrogen (secondary N) is 1. The molecule has 0 aromatic heterocycles. The maximum absolute atomic E-state index is 13.4. The normalized spacial score (nSPS) is 10.1. The molecule has 0 spiro atoms. The van der Waals surface area contributed by atoms with Gasteiger partial charge in [0.1, 0.15) is 5.82 Å². The van der Waals surface area contributed by atoms with Gasteiger partial charge in [-0.1, -0.05) is 15.9 Å². The van der Waals surface area contributed by atoms with Gasteiger partial charge in [0.2, 0.25) is 5.91 Å². The van der Waals surface area contributed by atoms with Crippen molar-refractivity contribution in [1.82, 2.24) is 4.90 Å². The molecule has 1 aromatic rings. The van der Waals surface area contributed by atoms with Crippen LogP contribution >= 0.6 is 15.9 Å². The van der Waals surface area contributed by atoms with Crippen LogP contribution in [0, 0.1) is 5.82 Å². The first-order valence-corrected chi connectivity index (χ1v) is 6.19. The molecule has 3 nitrogen and oxygen atoms in total. The second-order valence-corrected chi connectivity index (χ2v) is 4.86. The molecule has 0 saturated carbocycles. The summed E-state index contributed by atoms with van der Waals surface area (Å²) in [6, 6.07) is 4.86. The predicted molar refractivity (Wildman–Crippen MR) is 70.5 cm³/mol. The standard InChI is InChI=1S/C12H16BrFN2O/c1-16(2)12(17)4-3-7-15-11-6-5-9(13)8-10(11)14/h5-6,8,15H,3-4,7H2,1-2H3. The van der Waals surface area contributed by atoms with Crippen molar-refractivity contribution >= 4 is 27.5 Å². The van der Waals surface area contributed by atoms with E-state index in [4.69, 9.17) is 0 Å². The Kier molecular flexibility index (Phi) is 5.41. The SMILES string of the molecule is CN(C)C(=O)CCCNc1ccc(Br)cc1F. The zero-order valence-electron chi connectivity index (χ0n) is 9.96. The van der Waals surface area contributed by atoms with Crippen LogP contribution in [-0.2, 0) is 4.79 Å². The average molecular weight is 303 g/mol. The highest BCUT2D eigenvalue weighted by molar-refractivity contribution is 9.10. The van der Waals surface area contributed by atoms with Crippen LogP contribution in [0.15, 0.2) is 22.7 Å². The summed E-state index contributed by atoms with van der Waals surface area (Å²) in [6.45, 7) is 0.581. The molecule has 1 rings (SSSR count). The average Bonchev–Trinajstić information content (AvgIpc) is 2.26. The summed E-state index contributed by atoms with van der Waals surface area (Å²) in [5, 5.41) is 2.97. The number of anilines is 1. The van der Waals surface area contributed by atoms with Gasteiger partial charge in [0.15, 0.2) is 0 Å². The Labute approximate surface area is 109 Å². The van der Waals surface area contributed by atoms with Crippen molar-refractivity contribution in [2.45, 2.75) is 12.8 Å². The Morgan fingerprint density at radius 1 is 1.47 bits per heavy atom. The fraction of sp³-hybridized carbons (Fsp3) is 0.417. The Morgan fingerprint density at radius 3 is 2.76 bits per heavy atom. The summed E-state index contributed by atoms with van der Waals surface area (Å²) in [4.78, 5) is 12.8. The Balaban J connectivity index is 2.34. The van der Waals surface area contributed by atoms with Gasteiger partial charge in [-0.2, -0.15) is 0 Å². The molecule has 0 heterocycles. The minimum atomic E-state index is -0.293. The largest absolute Gasteiger partial charge is 0.383 e. The number of benzene rings is 1. The summed E-state index contributed by atoms with van der Waals surface area (Å²) in [5.41, 5.74) is 0.463. The van der Waals surface area contributed by atoms with Crippen molar-refractivity contribution < 1.29 is 9.18 Å². The van der Waals surface area contributed by atoms with Crippen LogP contribution < -0.4 is 5.32 Å². The van der Waals surface area contributed by atoms with Gasteiger partial charge in [-0.05, 0) is 24.6 Å². The van der Waals surface area contributed by atoms with Crippen molar-refractivity contribution in [3.63, 3.8) is 0 Å². The van der Waals surface area contributed by atoms with E-state index in [1.54, 1.807) is 31.1 Å². The number of amides is 1. The highest BCUT2D eigenvalue weighted by atomic mass is 79.9. The first-order valence-electron chi connectivity index (χ1n) is 5.40. The number of carbonyl (C=O) groups excluding carboxylic acids is 1. The summed E-state index contributed by atoms with van der Waals surface area (Å²) < 4.78 is 14.1. The second-order valence-electron chi connectivity index (χ2n) is 3.94. The Morgan fingerprint density at radius 2 is 2.18 bits per heavy atom. The molecule has 0 unspecified atom stereocenters. The monoisotopic (exact) mass is 302 g/mol. The van der Waals surface area contributed by atoms with Crippen molar-refractivity contribution in [3.8, 4) is 0 Å². The van der Waals surface area contributed by atoms with Crippen LogP contribution in [0.5, 0.6) is 0 Å². The lowest BCUT2D eigenvalue weighted by Gasteiger charge is -2.11. The number of hydrogen-bond donors (Lipinski definition) is 1. The number of nitrogens with zero attached hydrogens (tertiary/aromatic N) is 1. The van der Waals surface area contributed by atoms with Crippen molar-refractivity contribution in [3.05, 3.63) is 28.5 Å². The number of carbonyl (C=O) groups is 1. The van der Waals surface area contributed by atoms with Gasteiger partial charge in [0, 0.05) is 31.5 Å². The third-order valence-electron chi connectivity index (χ3n) is 2.31. The maximum atomic E-state index is 13.4. The van der Waals surface area contributed by atoms with Gasteiger partial charge >= 0.3 is 0 Å². The van der Waals surface area contributed by atoms with Crippen LogP contribution in [0.2, 0.25) is 0 Å². The molecule has 0 atom stereocenters. The van der Waals surface area contributed by atoms with Crippen molar-refractivity contribution in [2.24, 2.45) is 0 Å². The molecule has 5 heteroatoms. The van der Waals surface area contributed by atoms with Gasteiger partial charge in [0.25, 0.3) is 0 Å². The molecule has 0 fully saturated rings. The second kappa shape index (κ2) is 6.59. The van der Waals surface area contributed by atoms with Gasteiger partial charge in [-0.25, -0.2) is 4.39 Å². The number of halogens is 2. The highest BCUT2D eigenvalue weighted by Gasteiger charge is 2.04. The highest BCUT2D eigenvalue weighted by Crippen LogP contribution is 2.19. The van der Waals surface area contributed by atoms with E-state index in [2.05, 4.69) is 21.2 Å². The lowest BCUT2D eigenvalue weighted by Crippen LogP contribution is -2.22. The van der Waals surface area contributed by atoms with Crippen LogP contribution in [-0.4, -0.2) is 31.4 Å². The number of hydrogen-bond acceptors (Lipinski definition) is 2. The van der Waals surface area contributed by atoms with E-state index >= 15 is 0 Å². The van der Waals surface area contributed by atoms with Crippen LogP contribution in [0.4, 0.5) is 10.1 Å². The van der Waals surface area contributed by atoms with Gasteiger partial charge in [0.05, 0.1) is 5.69 Å². The van der Waals surface area contributed by atoms with E-state index in [1.165, 1.54) is 6.07 Å². The van der Waals surface area contributed by atoms with E-state index in [1.807, 2.05) is 0 Å². The van der Waals surface area contributed by atoms with E-state index < -0.39 is 0 Å². The maximum Gasteiger partial charge on any atom is 0.222 e. The topological polar surface area (TPSA) is 32.3 Å². The Hall–Kier alpha value is -1.10. The molecule has 1 N–H and O–H groups in total. The van der Waals surface area contributed by atoms with E-state index in [0.717, 1.165) is 0 Å². The molecular weight excluding hydrogens is 287 g/mol. The molecular formula is C12H16BrFN2O. The van der Waals surface area contributed by atoms with E-state index in [9.17, 15) is 9.18 Å². The molecule has 1 aromatic carbocycles. The van der Waals surface area contributed by atoms with Crippen molar-refractivity contribution in [2.75, 3.05) is 26.0 Å². The van der Waals surface area contributed by atoms with Gasteiger partial charge < -0.3 is 10.2 Å². The van der Waals surface area contributed by atoms with Crippen molar-refractivity contribution in [1.29, 1.82) is 0 Å². The molecule has 0 aliphatic rings. The first-order chi connectivity index (χ1) is 8.00. The zero-order valence-corrected chi connectivity index (χ0v) is 11.6. The molecule has 17 heavy (non-hydrogen) atoms. The molecule has 0 aliphatic heterocycles. The summed E-state index contributed by atoms with van der Waals surface area (Å²) in [5.74, 6) is -0.207. The van der Waals surface area contributed by atoms with Crippen LogP contribution in [0.1, 0.15) is 12.8 Å². The lowest BCUT2D eigenvalue weighted by molar-refractivity contribution is -0.128. The zero-order chi connectivity index (χ0) is 12.8. The number of rotatable bonds is 5. The third kappa shape index (κ3) is 4.73. The first kappa shape index (κ1) is 14.0. The summed E-state index contributed by atoms with van der Waals surface area (Å²) in [7, 11) is 3.45. The van der Waals surface area contributed by atoms with Gasteiger partial charge in [-0.3, -0.25) is 4.79 Å². The van der Waals surface area contributed by atoms with E-state index in [-0.39, 0.29) is 11.7 Å².